The van der Waals surface area contributed by atoms with E-state index in [0.29, 0.717) is 11.3 Å². The lowest BCUT2D eigenvalue weighted by Gasteiger charge is -2.10. The third-order valence-electron chi connectivity index (χ3n) is 6.93. The molecule has 7 aromatic rings. The minimum absolute atomic E-state index is 0.622. The van der Waals surface area contributed by atoms with E-state index in [-0.39, 0.29) is 0 Å². The Balaban J connectivity index is 1.56. The second-order valence-corrected chi connectivity index (χ2v) is 8.88. The number of fused-ring (bicyclic) bond motifs is 6. The summed E-state index contributed by atoms with van der Waals surface area (Å²) in [5, 5.41) is 14.0. The van der Waals surface area contributed by atoms with Crippen molar-refractivity contribution in [2.24, 2.45) is 0 Å². The van der Waals surface area contributed by atoms with Crippen LogP contribution in [0.3, 0.4) is 0 Å². The van der Waals surface area contributed by atoms with Gasteiger partial charge >= 0.3 is 0 Å². The number of aromatic nitrogens is 2. The Morgan fingerprint density at radius 1 is 0.556 bits per heavy atom. The van der Waals surface area contributed by atoms with Crippen molar-refractivity contribution >= 4 is 49.3 Å². The van der Waals surface area contributed by atoms with E-state index in [4.69, 9.17) is 6.57 Å². The molecular formula is C32H18N4. The first-order valence-corrected chi connectivity index (χ1v) is 11.7. The Kier molecular flexibility index (Phi) is 4.24. The van der Waals surface area contributed by atoms with Crippen LogP contribution in [0.4, 0.5) is 5.69 Å². The Morgan fingerprint density at radius 3 is 1.81 bits per heavy atom. The van der Waals surface area contributed by atoms with Gasteiger partial charge in [0, 0.05) is 32.9 Å². The second kappa shape index (κ2) is 7.60. The molecule has 0 radical (unpaired) electrons. The smallest absolute Gasteiger partial charge is 0.189 e. The fourth-order valence-electron chi connectivity index (χ4n) is 5.40. The normalized spacial score (nSPS) is 11.3. The number of nitrogens with zero attached hydrogens (tertiary/aromatic N) is 4. The highest BCUT2D eigenvalue weighted by atomic mass is 15.0. The molecule has 2 aromatic heterocycles. The van der Waals surface area contributed by atoms with Gasteiger partial charge in [-0.05, 0) is 60.7 Å². The summed E-state index contributed by atoms with van der Waals surface area (Å²) in [4.78, 5) is 3.63. The van der Waals surface area contributed by atoms with Gasteiger partial charge in [-0.1, -0.05) is 48.5 Å². The Hall–Kier alpha value is -5.32. The molecule has 0 saturated carbocycles. The first kappa shape index (κ1) is 20.1. The minimum atomic E-state index is 0.622. The van der Waals surface area contributed by atoms with Crippen LogP contribution < -0.4 is 0 Å². The Morgan fingerprint density at radius 2 is 1.14 bits per heavy atom. The molecule has 36 heavy (non-hydrogen) atoms. The van der Waals surface area contributed by atoms with Crippen LogP contribution in [0.1, 0.15) is 5.56 Å². The fraction of sp³-hybridized carbons (Fsp3) is 0. The van der Waals surface area contributed by atoms with E-state index in [9.17, 15) is 5.26 Å². The molecule has 0 aliphatic rings. The first-order chi connectivity index (χ1) is 17.8. The van der Waals surface area contributed by atoms with Gasteiger partial charge in [0.25, 0.3) is 0 Å². The first-order valence-electron chi connectivity index (χ1n) is 11.7. The van der Waals surface area contributed by atoms with Crippen LogP contribution in [0.15, 0.2) is 109 Å². The van der Waals surface area contributed by atoms with Crippen LogP contribution in [0.5, 0.6) is 0 Å². The summed E-state index contributed by atoms with van der Waals surface area (Å²) in [7, 11) is 0. The largest absolute Gasteiger partial charge is 0.311 e. The Bertz CT molecular complexity index is 2080. The van der Waals surface area contributed by atoms with Crippen LogP contribution in [0, 0.1) is 17.9 Å². The van der Waals surface area contributed by atoms with Crippen molar-refractivity contribution in [2.75, 3.05) is 0 Å². The molecule has 4 heteroatoms. The van der Waals surface area contributed by atoms with Gasteiger partial charge in [0.2, 0.25) is 0 Å². The van der Waals surface area contributed by atoms with Crippen LogP contribution in [0.25, 0.3) is 59.8 Å². The van der Waals surface area contributed by atoms with Gasteiger partial charge in [-0.25, -0.2) is 4.85 Å². The molecule has 4 nitrogen and oxygen atoms in total. The summed E-state index contributed by atoms with van der Waals surface area (Å²) >= 11 is 0. The molecule has 166 valence electrons. The van der Waals surface area contributed by atoms with Gasteiger partial charge in [-0.3, -0.25) is 0 Å². The van der Waals surface area contributed by atoms with Gasteiger partial charge in [0.1, 0.15) is 0 Å². The average molecular weight is 459 g/mol. The number of para-hydroxylation sites is 2. The lowest BCUT2D eigenvalue weighted by molar-refractivity contribution is 1.17. The third-order valence-corrected chi connectivity index (χ3v) is 6.93. The van der Waals surface area contributed by atoms with E-state index in [1.807, 2.05) is 48.5 Å². The number of benzene rings is 5. The summed E-state index contributed by atoms with van der Waals surface area (Å²) in [6.07, 6.45) is 0. The molecule has 0 atom stereocenters. The van der Waals surface area contributed by atoms with E-state index < -0.39 is 0 Å². The molecule has 5 aromatic carbocycles. The van der Waals surface area contributed by atoms with Crippen molar-refractivity contribution in [1.29, 1.82) is 5.26 Å². The average Bonchev–Trinajstić information content (AvgIpc) is 3.45. The quantitative estimate of drug-likeness (QED) is 0.240. The molecule has 0 unspecified atom stereocenters. The molecule has 0 bridgehead atoms. The lowest BCUT2D eigenvalue weighted by Crippen LogP contribution is -1.95. The lowest BCUT2D eigenvalue weighted by atomic mass is 10.1. The molecule has 0 saturated heterocycles. The van der Waals surface area contributed by atoms with Crippen LogP contribution in [-0.4, -0.2) is 9.13 Å². The topological polar surface area (TPSA) is 38.0 Å². The van der Waals surface area contributed by atoms with Crippen LogP contribution in [0.2, 0.25) is 0 Å². The maximum Gasteiger partial charge on any atom is 0.189 e. The van der Waals surface area contributed by atoms with Crippen molar-refractivity contribution in [1.82, 2.24) is 9.13 Å². The van der Waals surface area contributed by atoms with Gasteiger partial charge in [-0.2, -0.15) is 5.26 Å². The minimum Gasteiger partial charge on any atom is -0.311 e. The van der Waals surface area contributed by atoms with Crippen LogP contribution in [-0.2, 0) is 0 Å². The molecule has 0 aliphatic carbocycles. The second-order valence-electron chi connectivity index (χ2n) is 8.88. The third kappa shape index (κ3) is 2.79. The van der Waals surface area contributed by atoms with Gasteiger partial charge in [-0.15, -0.1) is 0 Å². The van der Waals surface area contributed by atoms with Crippen molar-refractivity contribution in [3.05, 3.63) is 126 Å². The summed E-state index contributed by atoms with van der Waals surface area (Å²) in [6.45, 7) is 7.45. The number of hydrogen-bond donors (Lipinski definition) is 0. The number of rotatable bonds is 2. The van der Waals surface area contributed by atoms with E-state index in [0.717, 1.165) is 55.0 Å². The molecule has 0 amide bonds. The van der Waals surface area contributed by atoms with E-state index in [1.165, 1.54) is 0 Å². The van der Waals surface area contributed by atoms with Gasteiger partial charge in [0.15, 0.2) is 5.69 Å². The van der Waals surface area contributed by atoms with E-state index in [2.05, 4.69) is 80.7 Å². The van der Waals surface area contributed by atoms with E-state index >= 15 is 0 Å². The standard InChI is InChI=1S/C32H18N4/c1-34-22-7-6-8-23(18-22)35-30-12-5-3-10-26(30)28-19-24(14-16-32(28)35)36-29-11-4-2-9-25(29)27-17-21(20-33)13-15-31(27)36/h2-19H. The zero-order chi connectivity index (χ0) is 24.2. The highest BCUT2D eigenvalue weighted by Gasteiger charge is 2.16. The molecule has 2 heterocycles. The maximum absolute atomic E-state index is 9.47. The molecule has 0 aliphatic heterocycles. The number of hydrogen-bond acceptors (Lipinski definition) is 1. The van der Waals surface area contributed by atoms with Crippen molar-refractivity contribution < 1.29 is 0 Å². The van der Waals surface area contributed by atoms with Crippen molar-refractivity contribution in [3.63, 3.8) is 0 Å². The highest BCUT2D eigenvalue weighted by Crippen LogP contribution is 2.37. The SMILES string of the molecule is [C-]#[N+]c1cccc(-n2c3ccccc3c3cc(-n4c5ccccc5c5cc(C#N)ccc54)ccc32)c1. The zero-order valence-corrected chi connectivity index (χ0v) is 19.2. The van der Waals surface area contributed by atoms with Gasteiger partial charge in [0.05, 0.1) is 40.3 Å². The summed E-state index contributed by atoms with van der Waals surface area (Å²) in [5.41, 5.74) is 7.70. The molecular weight excluding hydrogens is 440 g/mol. The monoisotopic (exact) mass is 458 g/mol. The predicted octanol–water partition coefficient (Wildman–Crippen LogP) is 8.30. The fourth-order valence-corrected chi connectivity index (χ4v) is 5.40. The summed E-state index contributed by atoms with van der Waals surface area (Å²) < 4.78 is 4.51. The molecule has 0 fully saturated rings. The molecule has 0 N–H and O–H groups in total. The predicted molar refractivity (Wildman–Crippen MR) is 146 cm³/mol. The van der Waals surface area contributed by atoms with E-state index in [1.54, 1.807) is 0 Å². The van der Waals surface area contributed by atoms with Crippen molar-refractivity contribution in [3.8, 4) is 17.4 Å². The van der Waals surface area contributed by atoms with Gasteiger partial charge < -0.3 is 9.13 Å². The van der Waals surface area contributed by atoms with Crippen molar-refractivity contribution in [2.45, 2.75) is 0 Å². The molecule has 0 spiro atoms. The highest BCUT2D eigenvalue weighted by molar-refractivity contribution is 6.12. The number of nitriles is 1. The molecule has 7 rings (SSSR count). The zero-order valence-electron chi connectivity index (χ0n) is 19.2. The Labute approximate surface area is 207 Å². The maximum atomic E-state index is 9.47. The summed E-state index contributed by atoms with van der Waals surface area (Å²) in [6, 6.07) is 39.2. The summed E-state index contributed by atoms with van der Waals surface area (Å²) in [5.74, 6) is 0. The van der Waals surface area contributed by atoms with Crippen LogP contribution >= 0.6 is 0 Å².